The van der Waals surface area contributed by atoms with E-state index in [4.69, 9.17) is 9.47 Å². The van der Waals surface area contributed by atoms with E-state index < -0.39 is 5.91 Å². The van der Waals surface area contributed by atoms with Crippen molar-refractivity contribution in [2.24, 2.45) is 0 Å². The van der Waals surface area contributed by atoms with Crippen LogP contribution >= 0.6 is 15.9 Å². The molecule has 3 aromatic rings. The highest BCUT2D eigenvalue weighted by molar-refractivity contribution is 9.10. The third-order valence-corrected chi connectivity index (χ3v) is 5.04. The van der Waals surface area contributed by atoms with E-state index in [1.54, 1.807) is 48.5 Å². The number of nitrogens with zero attached hydrogens (tertiary/aromatic N) is 2. The molecule has 0 bridgehead atoms. The number of amides is 1. The lowest BCUT2D eigenvalue weighted by atomic mass is 10.1. The molecule has 0 saturated carbocycles. The first kappa shape index (κ1) is 23.6. The standard InChI is InChI=1S/C26H20BrN3O3/c1-2-32-25-13-18(10-11-24(25)33-17-20-7-4-3-6-19(20)15-28)12-21(16-29)26(31)30-23-9-5-8-22(27)14-23/h3-14H,2,17H2,1H3,(H,30,31)/b21-12-. The van der Waals surface area contributed by atoms with Crippen LogP contribution in [0.25, 0.3) is 6.08 Å². The molecule has 33 heavy (non-hydrogen) atoms. The van der Waals surface area contributed by atoms with E-state index in [0.29, 0.717) is 34.9 Å². The molecule has 0 unspecified atom stereocenters. The Labute approximate surface area is 200 Å². The van der Waals surface area contributed by atoms with Gasteiger partial charge in [-0.2, -0.15) is 10.5 Å². The molecule has 7 heteroatoms. The smallest absolute Gasteiger partial charge is 0.266 e. The van der Waals surface area contributed by atoms with Gasteiger partial charge >= 0.3 is 0 Å². The van der Waals surface area contributed by atoms with Crippen LogP contribution < -0.4 is 14.8 Å². The van der Waals surface area contributed by atoms with Crippen molar-refractivity contribution < 1.29 is 14.3 Å². The molecule has 164 valence electrons. The summed E-state index contributed by atoms with van der Waals surface area (Å²) in [7, 11) is 0. The summed E-state index contributed by atoms with van der Waals surface area (Å²) in [6.07, 6.45) is 1.49. The molecule has 1 amide bonds. The van der Waals surface area contributed by atoms with Crippen molar-refractivity contribution in [2.75, 3.05) is 11.9 Å². The molecule has 0 radical (unpaired) electrons. The zero-order valence-corrected chi connectivity index (χ0v) is 19.4. The first-order chi connectivity index (χ1) is 16.0. The van der Waals surface area contributed by atoms with Gasteiger partial charge in [0.2, 0.25) is 0 Å². The first-order valence-corrected chi connectivity index (χ1v) is 10.9. The summed E-state index contributed by atoms with van der Waals surface area (Å²) in [5, 5.41) is 21.5. The van der Waals surface area contributed by atoms with Gasteiger partial charge in [0.15, 0.2) is 11.5 Å². The molecule has 1 N–H and O–H groups in total. The predicted molar refractivity (Wildman–Crippen MR) is 129 cm³/mol. The number of anilines is 1. The number of carbonyl (C=O) groups is 1. The molecule has 3 rings (SSSR count). The summed E-state index contributed by atoms with van der Waals surface area (Å²) >= 11 is 3.35. The van der Waals surface area contributed by atoms with Gasteiger partial charge in [-0.15, -0.1) is 0 Å². The normalized spacial score (nSPS) is 10.6. The number of ether oxygens (including phenoxy) is 2. The average Bonchev–Trinajstić information content (AvgIpc) is 2.82. The summed E-state index contributed by atoms with van der Waals surface area (Å²) in [5.74, 6) is 0.464. The first-order valence-electron chi connectivity index (χ1n) is 10.1. The van der Waals surface area contributed by atoms with Gasteiger partial charge < -0.3 is 14.8 Å². The maximum absolute atomic E-state index is 12.6. The van der Waals surface area contributed by atoms with Gasteiger partial charge in [0.05, 0.1) is 18.2 Å². The molecule has 0 atom stereocenters. The Balaban J connectivity index is 1.80. The summed E-state index contributed by atoms with van der Waals surface area (Å²) in [5.41, 5.74) is 2.46. The highest BCUT2D eigenvalue weighted by atomic mass is 79.9. The SMILES string of the molecule is CCOc1cc(/C=C(/C#N)C(=O)Nc2cccc(Br)c2)ccc1OCc1ccccc1C#N. The van der Waals surface area contributed by atoms with Crippen LogP contribution in [0.2, 0.25) is 0 Å². The third-order valence-electron chi connectivity index (χ3n) is 4.55. The van der Waals surface area contributed by atoms with E-state index in [0.717, 1.165) is 10.0 Å². The fourth-order valence-corrected chi connectivity index (χ4v) is 3.39. The van der Waals surface area contributed by atoms with Crippen LogP contribution in [0.3, 0.4) is 0 Å². The van der Waals surface area contributed by atoms with Crippen LogP contribution in [0.4, 0.5) is 5.69 Å². The van der Waals surface area contributed by atoms with E-state index in [1.807, 2.05) is 31.2 Å². The fourth-order valence-electron chi connectivity index (χ4n) is 2.99. The number of hydrogen-bond donors (Lipinski definition) is 1. The van der Waals surface area contributed by atoms with E-state index >= 15 is 0 Å². The number of nitriles is 2. The van der Waals surface area contributed by atoms with Gasteiger partial charge in [-0.1, -0.05) is 46.3 Å². The average molecular weight is 502 g/mol. The number of halogens is 1. The van der Waals surface area contributed by atoms with Crippen molar-refractivity contribution in [3.63, 3.8) is 0 Å². The Morgan fingerprint density at radius 1 is 1.03 bits per heavy atom. The van der Waals surface area contributed by atoms with Gasteiger partial charge in [0.1, 0.15) is 18.2 Å². The third kappa shape index (κ3) is 6.46. The van der Waals surface area contributed by atoms with E-state index in [1.165, 1.54) is 6.08 Å². The second-order valence-electron chi connectivity index (χ2n) is 6.83. The zero-order chi connectivity index (χ0) is 23.6. The van der Waals surface area contributed by atoms with Crippen molar-refractivity contribution in [3.8, 4) is 23.6 Å². The zero-order valence-electron chi connectivity index (χ0n) is 17.8. The Kier molecular flexibility index (Phi) is 8.24. The number of hydrogen-bond acceptors (Lipinski definition) is 5. The minimum atomic E-state index is -0.512. The van der Waals surface area contributed by atoms with Crippen molar-refractivity contribution in [1.82, 2.24) is 0 Å². The Hall–Kier alpha value is -4.07. The minimum absolute atomic E-state index is 0.0472. The van der Waals surface area contributed by atoms with Crippen LogP contribution in [0.15, 0.2) is 76.8 Å². The molecule has 0 aliphatic carbocycles. The van der Waals surface area contributed by atoms with Crippen LogP contribution in [0.1, 0.15) is 23.6 Å². The molecular weight excluding hydrogens is 482 g/mol. The van der Waals surface area contributed by atoms with E-state index in [2.05, 4.69) is 27.3 Å². The van der Waals surface area contributed by atoms with Gasteiger partial charge in [0, 0.05) is 15.7 Å². The second kappa shape index (κ2) is 11.5. The second-order valence-corrected chi connectivity index (χ2v) is 7.75. The molecule has 6 nitrogen and oxygen atoms in total. The molecular formula is C26H20BrN3O3. The molecule has 0 fully saturated rings. The molecule has 0 aliphatic heterocycles. The number of benzene rings is 3. The highest BCUT2D eigenvalue weighted by Gasteiger charge is 2.12. The van der Waals surface area contributed by atoms with Crippen LogP contribution in [-0.4, -0.2) is 12.5 Å². The van der Waals surface area contributed by atoms with Gasteiger partial charge in [0.25, 0.3) is 5.91 Å². The summed E-state index contributed by atoms with van der Waals surface area (Å²) in [6, 6.07) is 23.6. The minimum Gasteiger partial charge on any atom is -0.490 e. The van der Waals surface area contributed by atoms with Crippen molar-refractivity contribution >= 4 is 33.6 Å². The fraction of sp³-hybridized carbons (Fsp3) is 0.115. The van der Waals surface area contributed by atoms with E-state index in [-0.39, 0.29) is 12.2 Å². The molecule has 0 aliphatic rings. The number of carbonyl (C=O) groups excluding carboxylic acids is 1. The van der Waals surface area contributed by atoms with Crippen LogP contribution in [-0.2, 0) is 11.4 Å². The number of rotatable bonds is 8. The largest absolute Gasteiger partial charge is 0.490 e. The lowest BCUT2D eigenvalue weighted by Crippen LogP contribution is -2.13. The quantitative estimate of drug-likeness (QED) is 0.308. The summed E-state index contributed by atoms with van der Waals surface area (Å²) in [6.45, 7) is 2.47. The molecule has 0 saturated heterocycles. The lowest BCUT2D eigenvalue weighted by molar-refractivity contribution is -0.112. The summed E-state index contributed by atoms with van der Waals surface area (Å²) in [4.78, 5) is 12.6. The van der Waals surface area contributed by atoms with Crippen molar-refractivity contribution in [3.05, 3.63) is 93.5 Å². The molecule has 3 aromatic carbocycles. The van der Waals surface area contributed by atoms with Crippen LogP contribution in [0, 0.1) is 22.7 Å². The topological polar surface area (TPSA) is 95.1 Å². The Morgan fingerprint density at radius 2 is 1.85 bits per heavy atom. The van der Waals surface area contributed by atoms with Crippen molar-refractivity contribution in [2.45, 2.75) is 13.5 Å². The predicted octanol–water partition coefficient (Wildman–Crippen LogP) is 5.84. The maximum atomic E-state index is 12.6. The maximum Gasteiger partial charge on any atom is 0.266 e. The molecule has 0 spiro atoms. The molecule has 0 aromatic heterocycles. The van der Waals surface area contributed by atoms with Gasteiger partial charge in [-0.05, 0) is 55.0 Å². The summed E-state index contributed by atoms with van der Waals surface area (Å²) < 4.78 is 12.4. The van der Waals surface area contributed by atoms with Gasteiger partial charge in [-0.3, -0.25) is 4.79 Å². The Bertz CT molecular complexity index is 1270. The number of nitrogens with one attached hydrogen (secondary N) is 1. The van der Waals surface area contributed by atoms with Crippen LogP contribution in [0.5, 0.6) is 11.5 Å². The lowest BCUT2D eigenvalue weighted by Gasteiger charge is -2.13. The van der Waals surface area contributed by atoms with E-state index in [9.17, 15) is 15.3 Å². The highest BCUT2D eigenvalue weighted by Crippen LogP contribution is 2.30. The van der Waals surface area contributed by atoms with Crippen molar-refractivity contribution in [1.29, 1.82) is 10.5 Å². The monoisotopic (exact) mass is 501 g/mol. The Morgan fingerprint density at radius 3 is 2.58 bits per heavy atom. The van der Waals surface area contributed by atoms with Gasteiger partial charge in [-0.25, -0.2) is 0 Å². The molecule has 0 heterocycles.